The maximum atomic E-state index is 11.0. The highest BCUT2D eigenvalue weighted by molar-refractivity contribution is 5.91. The normalized spacial score (nSPS) is 9.74. The number of carboxylic acid groups (broad SMARTS) is 2. The van der Waals surface area contributed by atoms with Crippen LogP contribution in [0.1, 0.15) is 12.8 Å². The fourth-order valence-corrected chi connectivity index (χ4v) is 0.784. The van der Waals surface area contributed by atoms with Gasteiger partial charge in [0.15, 0.2) is 0 Å². The van der Waals surface area contributed by atoms with E-state index in [1.807, 2.05) is 0 Å². The van der Waals surface area contributed by atoms with Crippen LogP contribution in [0.3, 0.4) is 0 Å². The molecule has 2 N–H and O–H groups in total. The van der Waals surface area contributed by atoms with E-state index >= 15 is 0 Å². The van der Waals surface area contributed by atoms with Crippen LogP contribution in [0.25, 0.3) is 0 Å². The molecule has 0 fully saturated rings. The highest BCUT2D eigenvalue weighted by Gasteiger charge is 2.22. The Labute approximate surface area is 107 Å². The van der Waals surface area contributed by atoms with E-state index < -0.39 is 43.2 Å². The van der Waals surface area contributed by atoms with Gasteiger partial charge in [-0.1, -0.05) is 6.08 Å². The molecule has 9 heteroatoms. The molecule has 0 heterocycles. The molecule has 0 amide bonds. The Balaban J connectivity index is 4.40. The van der Waals surface area contributed by atoms with E-state index in [0.29, 0.717) is 0 Å². The third-order valence-electron chi connectivity index (χ3n) is 1.40. The number of rotatable bonds is 9. The van der Waals surface area contributed by atoms with Crippen LogP contribution in [0.2, 0.25) is 0 Å². The first kappa shape index (κ1) is 16.6. The van der Waals surface area contributed by atoms with Crippen molar-refractivity contribution in [1.29, 1.82) is 0 Å². The number of aliphatic carboxylic acids is 2. The average molecular weight is 276 g/mol. The van der Waals surface area contributed by atoms with E-state index in [1.54, 1.807) is 0 Å². The summed E-state index contributed by atoms with van der Waals surface area (Å²) in [5.74, 6) is -5.29. The molecule has 0 bridgehead atoms. The Kier molecular flexibility index (Phi) is 7.54. The Morgan fingerprint density at radius 2 is 1.42 bits per heavy atom. The van der Waals surface area contributed by atoms with Crippen molar-refractivity contribution in [3.63, 3.8) is 0 Å². The molecular weight excluding hydrogens is 264 g/mol. The largest absolute Gasteiger partial charge is 0.481 e. The molecule has 0 aliphatic carbocycles. The lowest BCUT2D eigenvalue weighted by Crippen LogP contribution is -2.29. The van der Waals surface area contributed by atoms with E-state index in [4.69, 9.17) is 14.9 Å². The molecule has 0 saturated carbocycles. The number of hydrogen-bond donors (Lipinski definition) is 2. The third kappa shape index (κ3) is 9.30. The van der Waals surface area contributed by atoms with Crippen molar-refractivity contribution in [2.75, 3.05) is 6.61 Å². The van der Waals surface area contributed by atoms with Crippen molar-refractivity contribution < 1.29 is 43.6 Å². The summed E-state index contributed by atoms with van der Waals surface area (Å²) in [7, 11) is 0. The quantitative estimate of drug-likeness (QED) is 0.247. The van der Waals surface area contributed by atoms with Gasteiger partial charge in [0.2, 0.25) is 0 Å². The molecule has 0 aromatic rings. The van der Waals surface area contributed by atoms with Gasteiger partial charge in [-0.15, -0.1) is 6.58 Å². The lowest BCUT2D eigenvalue weighted by molar-refractivity contribution is -0.262. The molecule has 0 aliphatic heterocycles. The van der Waals surface area contributed by atoms with Crippen molar-refractivity contribution in [3.8, 4) is 0 Å². The minimum absolute atomic E-state index is 0.161. The molecular formula is C10H12O9. The third-order valence-corrected chi connectivity index (χ3v) is 1.40. The SMILES string of the molecule is C=CCOC(OC(=O)CC(=O)O)OC(=O)CC(=O)O. The van der Waals surface area contributed by atoms with Crippen molar-refractivity contribution in [1.82, 2.24) is 0 Å². The van der Waals surface area contributed by atoms with Gasteiger partial charge in [0, 0.05) is 0 Å². The van der Waals surface area contributed by atoms with Gasteiger partial charge in [0.25, 0.3) is 0 Å². The van der Waals surface area contributed by atoms with Crippen LogP contribution in [0.15, 0.2) is 12.7 Å². The van der Waals surface area contributed by atoms with Gasteiger partial charge in [0.05, 0.1) is 6.61 Å². The predicted molar refractivity (Wildman–Crippen MR) is 56.6 cm³/mol. The zero-order valence-electron chi connectivity index (χ0n) is 9.74. The second-order valence-corrected chi connectivity index (χ2v) is 3.03. The van der Waals surface area contributed by atoms with Crippen LogP contribution < -0.4 is 0 Å². The summed E-state index contributed by atoms with van der Waals surface area (Å²) in [4.78, 5) is 42.5. The molecule has 0 aromatic heterocycles. The minimum atomic E-state index is -1.82. The Bertz CT molecular complexity index is 343. The Hall–Kier alpha value is -2.42. The first-order valence-corrected chi connectivity index (χ1v) is 4.90. The Morgan fingerprint density at radius 1 is 1.00 bits per heavy atom. The van der Waals surface area contributed by atoms with Crippen molar-refractivity contribution >= 4 is 23.9 Å². The van der Waals surface area contributed by atoms with Crippen molar-refractivity contribution in [2.45, 2.75) is 19.3 Å². The molecule has 0 spiro atoms. The second kappa shape index (κ2) is 8.64. The molecule has 19 heavy (non-hydrogen) atoms. The highest BCUT2D eigenvalue weighted by atomic mass is 16.9. The number of carbonyl (C=O) groups is 4. The van der Waals surface area contributed by atoms with E-state index in [-0.39, 0.29) is 6.61 Å². The van der Waals surface area contributed by atoms with E-state index in [0.717, 1.165) is 0 Å². The summed E-state index contributed by atoms with van der Waals surface area (Å²) < 4.78 is 13.5. The van der Waals surface area contributed by atoms with Crippen LogP contribution in [0, 0.1) is 0 Å². The molecule has 0 atom stereocenters. The number of ether oxygens (including phenoxy) is 3. The van der Waals surface area contributed by atoms with E-state index in [1.165, 1.54) is 6.08 Å². The maximum Gasteiger partial charge on any atom is 0.365 e. The molecule has 106 valence electrons. The van der Waals surface area contributed by atoms with Crippen LogP contribution in [-0.4, -0.2) is 47.2 Å². The topological polar surface area (TPSA) is 136 Å². The van der Waals surface area contributed by atoms with Gasteiger partial charge in [-0.05, 0) is 0 Å². The summed E-state index contributed by atoms with van der Waals surface area (Å²) in [6, 6.07) is 0. The molecule has 0 aliphatic rings. The van der Waals surface area contributed by atoms with Crippen LogP contribution >= 0.6 is 0 Å². The number of hydrogen-bond acceptors (Lipinski definition) is 7. The fraction of sp³-hybridized carbons (Fsp3) is 0.400. The standard InChI is InChI=1S/C10H12O9/c1-2-3-17-10(18-8(15)4-6(11)12)19-9(16)5-7(13)14/h2,10H,1,3-5H2,(H,11,12)(H,13,14). The predicted octanol–water partition coefficient (Wildman–Crippen LogP) is -0.492. The van der Waals surface area contributed by atoms with Gasteiger partial charge in [0.1, 0.15) is 12.8 Å². The van der Waals surface area contributed by atoms with Crippen LogP contribution in [0.4, 0.5) is 0 Å². The summed E-state index contributed by atoms with van der Waals surface area (Å²) in [5.41, 5.74) is 0. The van der Waals surface area contributed by atoms with Crippen LogP contribution in [0.5, 0.6) is 0 Å². The summed E-state index contributed by atoms with van der Waals surface area (Å²) in [6.45, 7) is 1.31. The first-order chi connectivity index (χ1) is 8.85. The monoisotopic (exact) mass is 276 g/mol. The lowest BCUT2D eigenvalue weighted by atomic mass is 10.4. The first-order valence-electron chi connectivity index (χ1n) is 4.90. The molecule has 0 unspecified atom stereocenters. The minimum Gasteiger partial charge on any atom is -0.481 e. The zero-order chi connectivity index (χ0) is 14.8. The summed E-state index contributed by atoms with van der Waals surface area (Å²) in [5, 5.41) is 16.7. The van der Waals surface area contributed by atoms with Gasteiger partial charge in [-0.3, -0.25) is 19.2 Å². The van der Waals surface area contributed by atoms with Crippen molar-refractivity contribution in [2.24, 2.45) is 0 Å². The van der Waals surface area contributed by atoms with Gasteiger partial charge in [-0.25, -0.2) is 0 Å². The summed E-state index contributed by atoms with van der Waals surface area (Å²) in [6.07, 6.45) is -0.655. The second-order valence-electron chi connectivity index (χ2n) is 3.03. The maximum absolute atomic E-state index is 11.0. The molecule has 9 nitrogen and oxygen atoms in total. The fourth-order valence-electron chi connectivity index (χ4n) is 0.784. The van der Waals surface area contributed by atoms with Gasteiger partial charge >= 0.3 is 30.4 Å². The molecule has 0 aromatic carbocycles. The van der Waals surface area contributed by atoms with E-state index in [9.17, 15) is 19.2 Å². The molecule has 0 saturated heterocycles. The molecule has 0 radical (unpaired) electrons. The Morgan fingerprint density at radius 3 is 1.74 bits per heavy atom. The smallest absolute Gasteiger partial charge is 0.365 e. The van der Waals surface area contributed by atoms with Gasteiger partial charge < -0.3 is 24.4 Å². The number of carbonyl (C=O) groups excluding carboxylic acids is 2. The highest BCUT2D eigenvalue weighted by Crippen LogP contribution is 2.03. The number of carboxylic acids is 2. The average Bonchev–Trinajstić information content (AvgIpc) is 2.23. The lowest BCUT2D eigenvalue weighted by Gasteiger charge is -2.16. The van der Waals surface area contributed by atoms with Crippen molar-refractivity contribution in [3.05, 3.63) is 12.7 Å². The summed E-state index contributed by atoms with van der Waals surface area (Å²) >= 11 is 0. The van der Waals surface area contributed by atoms with Crippen LogP contribution in [-0.2, 0) is 33.4 Å². The van der Waals surface area contributed by atoms with Gasteiger partial charge in [-0.2, -0.15) is 0 Å². The van der Waals surface area contributed by atoms with E-state index in [2.05, 4.69) is 16.1 Å². The molecule has 0 rings (SSSR count). The zero-order valence-corrected chi connectivity index (χ0v) is 9.74. The number of esters is 2.